The minimum Gasteiger partial charge on any atom is -0.491 e. The second-order valence-corrected chi connectivity index (χ2v) is 9.50. The van der Waals surface area contributed by atoms with Gasteiger partial charge in [-0.3, -0.25) is 9.59 Å². The van der Waals surface area contributed by atoms with Crippen molar-refractivity contribution in [2.24, 2.45) is 0 Å². The molecule has 2 aromatic rings. The summed E-state index contributed by atoms with van der Waals surface area (Å²) in [5.41, 5.74) is 0.548. The fraction of sp³-hybridized carbons (Fsp3) is 0.478. The molecule has 3 rings (SSSR count). The van der Waals surface area contributed by atoms with E-state index >= 15 is 0 Å². The minimum atomic E-state index is -0.519. The van der Waals surface area contributed by atoms with E-state index in [4.69, 9.17) is 9.47 Å². The van der Waals surface area contributed by atoms with Gasteiger partial charge < -0.3 is 19.3 Å². The summed E-state index contributed by atoms with van der Waals surface area (Å²) in [5, 5.41) is 2.02. The third-order valence-electron chi connectivity index (χ3n) is 5.31. The van der Waals surface area contributed by atoms with Gasteiger partial charge in [-0.2, -0.15) is 0 Å². The van der Waals surface area contributed by atoms with Gasteiger partial charge in [0, 0.05) is 24.1 Å². The summed E-state index contributed by atoms with van der Waals surface area (Å²) < 4.78 is 24.1. The topological polar surface area (TPSA) is 59.1 Å². The lowest BCUT2D eigenvalue weighted by molar-refractivity contribution is -0.148. The molecule has 168 valence electrons. The maximum Gasteiger partial charge on any atom is 0.249 e. The molecule has 0 unspecified atom stereocenters. The van der Waals surface area contributed by atoms with E-state index < -0.39 is 5.54 Å². The second-order valence-electron chi connectivity index (χ2n) is 8.50. The molecule has 0 bridgehead atoms. The Balaban J connectivity index is 1.79. The van der Waals surface area contributed by atoms with Gasteiger partial charge in [0.25, 0.3) is 0 Å². The number of hydrogen-bond acceptors (Lipinski definition) is 5. The van der Waals surface area contributed by atoms with Gasteiger partial charge in [0.1, 0.15) is 31.3 Å². The number of halogens is 1. The maximum atomic E-state index is 13.4. The fourth-order valence-corrected chi connectivity index (χ4v) is 4.64. The number of carbonyl (C=O) groups is 2. The number of ether oxygens (including phenoxy) is 2. The Morgan fingerprint density at radius 2 is 1.94 bits per heavy atom. The van der Waals surface area contributed by atoms with Crippen LogP contribution in [0.5, 0.6) is 5.75 Å². The first-order chi connectivity index (χ1) is 14.7. The molecule has 1 aromatic heterocycles. The van der Waals surface area contributed by atoms with Crippen LogP contribution in [0.15, 0.2) is 35.7 Å². The zero-order chi connectivity index (χ0) is 22.6. The summed E-state index contributed by atoms with van der Waals surface area (Å²) in [5.74, 6) is -0.146. The lowest BCUT2D eigenvalue weighted by atomic mass is 10.00. The van der Waals surface area contributed by atoms with Crippen molar-refractivity contribution < 1.29 is 23.5 Å². The highest BCUT2D eigenvalue weighted by Gasteiger charge is 2.35. The number of rotatable bonds is 7. The Hall–Kier alpha value is -2.45. The van der Waals surface area contributed by atoms with Crippen molar-refractivity contribution in [3.05, 3.63) is 52.0 Å². The fourth-order valence-electron chi connectivity index (χ4n) is 3.71. The lowest BCUT2D eigenvalue weighted by Crippen LogP contribution is -2.53. The Morgan fingerprint density at radius 1 is 1.23 bits per heavy atom. The zero-order valence-electron chi connectivity index (χ0n) is 18.4. The van der Waals surface area contributed by atoms with Crippen molar-refractivity contribution in [2.45, 2.75) is 38.8 Å². The van der Waals surface area contributed by atoms with Gasteiger partial charge >= 0.3 is 0 Å². The molecule has 0 saturated carbocycles. The molecule has 2 heterocycles. The molecule has 31 heavy (non-hydrogen) atoms. The summed E-state index contributed by atoms with van der Waals surface area (Å²) in [6, 6.07) is 7.59. The van der Waals surface area contributed by atoms with Crippen LogP contribution in [0.4, 0.5) is 4.39 Å². The van der Waals surface area contributed by atoms with E-state index in [9.17, 15) is 14.0 Å². The van der Waals surface area contributed by atoms with Gasteiger partial charge in [0.2, 0.25) is 11.8 Å². The second kappa shape index (κ2) is 9.78. The average molecular weight is 449 g/mol. The van der Waals surface area contributed by atoms with Gasteiger partial charge in [0.05, 0.1) is 6.04 Å². The van der Waals surface area contributed by atoms with E-state index in [1.165, 1.54) is 24.1 Å². The quantitative estimate of drug-likeness (QED) is 0.649. The lowest BCUT2D eigenvalue weighted by Gasteiger charge is -2.40. The van der Waals surface area contributed by atoms with Crippen LogP contribution in [0.25, 0.3) is 0 Å². The molecule has 1 aliphatic heterocycles. The first-order valence-electron chi connectivity index (χ1n) is 10.2. The summed E-state index contributed by atoms with van der Waals surface area (Å²) >= 11 is 1.67. The predicted octanol–water partition coefficient (Wildman–Crippen LogP) is 3.67. The number of hydrogen-bond donors (Lipinski definition) is 0. The van der Waals surface area contributed by atoms with Gasteiger partial charge in [-0.1, -0.05) is 0 Å². The molecular formula is C23H29FN2O4S. The number of thiophene rings is 1. The molecule has 0 aliphatic carbocycles. The van der Waals surface area contributed by atoms with Gasteiger partial charge in [-0.15, -0.1) is 11.3 Å². The monoisotopic (exact) mass is 448 g/mol. The molecule has 6 nitrogen and oxygen atoms in total. The Bertz CT molecular complexity index is 907. The predicted molar refractivity (Wildman–Crippen MR) is 118 cm³/mol. The van der Waals surface area contributed by atoms with E-state index in [0.717, 1.165) is 12.0 Å². The summed E-state index contributed by atoms with van der Waals surface area (Å²) in [7, 11) is 1.46. The Kier molecular flexibility index (Phi) is 7.33. The van der Waals surface area contributed by atoms with Crippen molar-refractivity contribution >= 4 is 23.2 Å². The summed E-state index contributed by atoms with van der Waals surface area (Å²) in [6.45, 7) is 6.40. The molecule has 2 amide bonds. The first-order valence-corrected chi connectivity index (χ1v) is 11.1. The summed E-state index contributed by atoms with van der Waals surface area (Å²) in [6.07, 6.45) is 0.771. The van der Waals surface area contributed by atoms with Gasteiger partial charge in [-0.05, 0) is 68.5 Å². The van der Waals surface area contributed by atoms with Crippen LogP contribution >= 0.6 is 11.3 Å². The highest BCUT2D eigenvalue weighted by atomic mass is 32.1. The van der Waals surface area contributed by atoms with E-state index in [-0.39, 0.29) is 43.4 Å². The normalized spacial score (nSPS) is 16.0. The molecule has 0 N–H and O–H groups in total. The van der Waals surface area contributed by atoms with Crippen LogP contribution < -0.4 is 4.74 Å². The van der Waals surface area contributed by atoms with Crippen molar-refractivity contribution in [2.75, 3.05) is 33.4 Å². The molecular weight excluding hydrogens is 419 g/mol. The molecule has 0 fully saturated rings. The molecule has 0 saturated heterocycles. The Morgan fingerprint density at radius 3 is 2.58 bits per heavy atom. The van der Waals surface area contributed by atoms with Crippen LogP contribution in [-0.4, -0.2) is 60.6 Å². The van der Waals surface area contributed by atoms with E-state index in [1.807, 2.05) is 32.2 Å². The zero-order valence-corrected chi connectivity index (χ0v) is 19.2. The largest absolute Gasteiger partial charge is 0.491 e. The molecule has 1 atom stereocenters. The highest BCUT2D eigenvalue weighted by molar-refractivity contribution is 7.10. The van der Waals surface area contributed by atoms with Crippen LogP contribution in [0.2, 0.25) is 0 Å². The average Bonchev–Trinajstić information content (AvgIpc) is 3.19. The highest BCUT2D eigenvalue weighted by Crippen LogP contribution is 2.34. The number of benzene rings is 1. The SMILES string of the molecule is COCC(=O)N(CC(=O)N1CCc2sccc2[C@H]1COc1ccc(F)cc1)C(C)(C)C. The smallest absolute Gasteiger partial charge is 0.249 e. The standard InChI is InChI=1S/C23H29FN2O4S/c1-23(2,3)26(22(28)15-29-4)13-21(27)25-11-9-20-18(10-12-31-20)19(25)14-30-17-7-5-16(24)6-8-17/h5-8,10,12,19H,9,11,13-15H2,1-4H3/t19-/m1/s1. The third-order valence-corrected chi connectivity index (χ3v) is 6.31. The van der Waals surface area contributed by atoms with E-state index in [0.29, 0.717) is 12.3 Å². The molecule has 8 heteroatoms. The maximum absolute atomic E-state index is 13.4. The molecule has 1 aromatic carbocycles. The van der Waals surface area contributed by atoms with Crippen LogP contribution in [0, 0.1) is 5.82 Å². The molecule has 0 radical (unpaired) electrons. The van der Waals surface area contributed by atoms with Gasteiger partial charge in [0.15, 0.2) is 0 Å². The van der Waals surface area contributed by atoms with Crippen LogP contribution in [-0.2, 0) is 20.7 Å². The van der Waals surface area contributed by atoms with Crippen LogP contribution in [0.1, 0.15) is 37.3 Å². The molecule has 1 aliphatic rings. The first kappa shape index (κ1) is 23.2. The number of methoxy groups -OCH3 is 1. The number of amides is 2. The van der Waals surface area contributed by atoms with Crippen LogP contribution in [0.3, 0.4) is 0 Å². The minimum absolute atomic E-state index is 0.0296. The molecule has 0 spiro atoms. The van der Waals surface area contributed by atoms with E-state index in [1.54, 1.807) is 33.3 Å². The third kappa shape index (κ3) is 5.62. The summed E-state index contributed by atoms with van der Waals surface area (Å²) in [4.78, 5) is 30.5. The number of nitrogens with zero attached hydrogens (tertiary/aromatic N) is 2. The van der Waals surface area contributed by atoms with E-state index in [2.05, 4.69) is 0 Å². The number of fused-ring (bicyclic) bond motifs is 1. The van der Waals surface area contributed by atoms with Crippen molar-refractivity contribution in [1.82, 2.24) is 9.80 Å². The van der Waals surface area contributed by atoms with Crippen molar-refractivity contribution in [1.29, 1.82) is 0 Å². The number of carbonyl (C=O) groups excluding carboxylic acids is 2. The Labute approximate surface area is 186 Å². The van der Waals surface area contributed by atoms with Gasteiger partial charge in [-0.25, -0.2) is 4.39 Å². The van der Waals surface area contributed by atoms with Crippen molar-refractivity contribution in [3.63, 3.8) is 0 Å². The van der Waals surface area contributed by atoms with Crippen molar-refractivity contribution in [3.8, 4) is 5.75 Å².